The summed E-state index contributed by atoms with van der Waals surface area (Å²) >= 11 is 1.65. The van der Waals surface area contributed by atoms with Crippen molar-refractivity contribution < 1.29 is 5.11 Å². The van der Waals surface area contributed by atoms with Gasteiger partial charge in [-0.1, -0.05) is 24.3 Å². The molecule has 0 radical (unpaired) electrons. The van der Waals surface area contributed by atoms with Crippen LogP contribution in [0.1, 0.15) is 10.4 Å². The second kappa shape index (κ2) is 3.90. The molecule has 1 heterocycles. The minimum absolute atomic E-state index is 0.0936. The third kappa shape index (κ3) is 1.69. The van der Waals surface area contributed by atoms with Crippen molar-refractivity contribution >= 4 is 11.3 Å². The van der Waals surface area contributed by atoms with Crippen molar-refractivity contribution in [1.82, 2.24) is 4.98 Å². The maximum Gasteiger partial charge on any atom is 0.0840 e. The second-order valence-corrected chi connectivity index (χ2v) is 4.17. The van der Waals surface area contributed by atoms with E-state index in [2.05, 4.69) is 11.9 Å². The molecule has 72 valence electrons. The van der Waals surface area contributed by atoms with Crippen LogP contribution in [0.4, 0.5) is 0 Å². The number of nitrogens with zero attached hydrogens (tertiary/aromatic N) is 1. The number of benzene rings is 1. The fraction of sp³-hybridized carbons (Fsp3) is 0.182. The Bertz CT molecular complexity index is 419. The molecular formula is C11H11NOS. The summed E-state index contributed by atoms with van der Waals surface area (Å²) in [4.78, 5) is 5.52. The van der Waals surface area contributed by atoms with Crippen LogP contribution >= 0.6 is 11.3 Å². The van der Waals surface area contributed by atoms with Crippen LogP contribution in [0.25, 0.3) is 11.3 Å². The first-order chi connectivity index (χ1) is 6.81. The first-order valence-electron chi connectivity index (χ1n) is 4.41. The van der Waals surface area contributed by atoms with E-state index in [0.717, 1.165) is 16.8 Å². The lowest BCUT2D eigenvalue weighted by Gasteiger charge is -2.00. The van der Waals surface area contributed by atoms with Gasteiger partial charge in [0.25, 0.3) is 0 Å². The zero-order valence-corrected chi connectivity index (χ0v) is 8.71. The summed E-state index contributed by atoms with van der Waals surface area (Å²) in [6, 6.07) is 7.84. The maximum absolute atomic E-state index is 8.90. The number of aliphatic hydroxyl groups is 1. The molecule has 2 aromatic rings. The topological polar surface area (TPSA) is 33.1 Å². The lowest BCUT2D eigenvalue weighted by molar-refractivity contribution is 0.282. The van der Waals surface area contributed by atoms with Crippen LogP contribution in [0.5, 0.6) is 0 Å². The molecule has 1 aromatic heterocycles. The van der Waals surface area contributed by atoms with Crippen molar-refractivity contribution in [1.29, 1.82) is 0 Å². The van der Waals surface area contributed by atoms with E-state index in [9.17, 15) is 0 Å². The van der Waals surface area contributed by atoms with Gasteiger partial charge in [0.2, 0.25) is 0 Å². The van der Waals surface area contributed by atoms with Crippen molar-refractivity contribution in [3.8, 4) is 11.3 Å². The maximum atomic E-state index is 8.90. The number of rotatable bonds is 2. The fourth-order valence-corrected chi connectivity index (χ4v) is 1.95. The molecule has 2 nitrogen and oxygen atoms in total. The smallest absolute Gasteiger partial charge is 0.0840 e. The summed E-state index contributed by atoms with van der Waals surface area (Å²) in [7, 11) is 0. The van der Waals surface area contributed by atoms with Gasteiger partial charge in [0.15, 0.2) is 0 Å². The predicted octanol–water partition coefficient (Wildman–Crippen LogP) is 2.61. The Kier molecular flexibility index (Phi) is 2.61. The molecule has 0 atom stereocenters. The molecule has 0 aliphatic rings. The van der Waals surface area contributed by atoms with E-state index in [-0.39, 0.29) is 6.61 Å². The summed E-state index contributed by atoms with van der Waals surface area (Å²) in [6.07, 6.45) is 0. The van der Waals surface area contributed by atoms with Crippen molar-refractivity contribution in [2.24, 2.45) is 0 Å². The van der Waals surface area contributed by atoms with E-state index < -0.39 is 0 Å². The molecule has 0 fully saturated rings. The molecule has 0 saturated carbocycles. The highest BCUT2D eigenvalue weighted by molar-refractivity contribution is 7.10. The van der Waals surface area contributed by atoms with Crippen LogP contribution in [0.2, 0.25) is 0 Å². The Labute approximate surface area is 86.9 Å². The Balaban J connectivity index is 2.39. The highest BCUT2D eigenvalue weighted by atomic mass is 32.1. The van der Waals surface area contributed by atoms with Gasteiger partial charge in [-0.05, 0) is 12.5 Å². The molecule has 0 bridgehead atoms. The largest absolute Gasteiger partial charge is 0.392 e. The summed E-state index contributed by atoms with van der Waals surface area (Å²) in [6.45, 7) is 2.16. The average Bonchev–Trinajstić information content (AvgIpc) is 2.65. The molecule has 0 amide bonds. The molecule has 0 unspecified atom stereocenters. The van der Waals surface area contributed by atoms with Gasteiger partial charge in [0, 0.05) is 10.4 Å². The first-order valence-corrected chi connectivity index (χ1v) is 5.29. The van der Waals surface area contributed by atoms with Gasteiger partial charge in [-0.25, -0.2) is 4.98 Å². The molecular weight excluding hydrogens is 194 g/mol. The standard InChI is InChI=1S/C11H11NOS/c1-8-11(12-7-14-8)10-4-2-9(6-13)3-5-10/h2-5,7,13H,6H2,1H3. The van der Waals surface area contributed by atoms with E-state index in [1.54, 1.807) is 11.3 Å². The number of hydrogen-bond acceptors (Lipinski definition) is 3. The van der Waals surface area contributed by atoms with E-state index in [1.807, 2.05) is 29.8 Å². The number of aliphatic hydroxyl groups excluding tert-OH is 1. The van der Waals surface area contributed by atoms with Crippen LogP contribution in [-0.2, 0) is 6.61 Å². The number of aryl methyl sites for hydroxylation is 1. The molecule has 1 N–H and O–H groups in total. The van der Waals surface area contributed by atoms with Crippen LogP contribution in [0.3, 0.4) is 0 Å². The number of hydrogen-bond donors (Lipinski definition) is 1. The van der Waals surface area contributed by atoms with Crippen molar-refractivity contribution in [2.45, 2.75) is 13.5 Å². The fourth-order valence-electron chi connectivity index (χ4n) is 1.35. The van der Waals surface area contributed by atoms with Gasteiger partial charge in [0.1, 0.15) is 0 Å². The summed E-state index contributed by atoms with van der Waals surface area (Å²) in [5.74, 6) is 0. The van der Waals surface area contributed by atoms with Crippen molar-refractivity contribution in [2.75, 3.05) is 0 Å². The van der Waals surface area contributed by atoms with E-state index in [0.29, 0.717) is 0 Å². The van der Waals surface area contributed by atoms with Gasteiger partial charge in [0.05, 0.1) is 17.8 Å². The highest BCUT2D eigenvalue weighted by Gasteiger charge is 2.03. The quantitative estimate of drug-likeness (QED) is 0.817. The zero-order valence-electron chi connectivity index (χ0n) is 7.90. The summed E-state index contributed by atoms with van der Waals surface area (Å²) in [5.41, 5.74) is 4.94. The Morgan fingerprint density at radius 2 is 2.00 bits per heavy atom. The molecule has 0 aliphatic carbocycles. The monoisotopic (exact) mass is 205 g/mol. The van der Waals surface area contributed by atoms with Gasteiger partial charge in [-0.2, -0.15) is 0 Å². The van der Waals surface area contributed by atoms with Crippen LogP contribution in [0.15, 0.2) is 29.8 Å². The van der Waals surface area contributed by atoms with Gasteiger partial charge >= 0.3 is 0 Å². The Morgan fingerprint density at radius 1 is 1.29 bits per heavy atom. The summed E-state index contributed by atoms with van der Waals surface area (Å²) in [5, 5.41) is 8.90. The Morgan fingerprint density at radius 3 is 2.50 bits per heavy atom. The number of thiazole rings is 1. The molecule has 0 aliphatic heterocycles. The third-order valence-electron chi connectivity index (χ3n) is 2.15. The average molecular weight is 205 g/mol. The predicted molar refractivity (Wildman–Crippen MR) is 58.2 cm³/mol. The zero-order chi connectivity index (χ0) is 9.97. The molecule has 14 heavy (non-hydrogen) atoms. The lowest BCUT2D eigenvalue weighted by atomic mass is 10.1. The molecule has 0 saturated heterocycles. The van der Waals surface area contributed by atoms with Crippen LogP contribution < -0.4 is 0 Å². The van der Waals surface area contributed by atoms with E-state index in [1.165, 1.54) is 4.88 Å². The molecule has 3 heteroatoms. The molecule has 1 aromatic carbocycles. The van der Waals surface area contributed by atoms with E-state index in [4.69, 9.17) is 5.11 Å². The third-order valence-corrected chi connectivity index (χ3v) is 2.91. The SMILES string of the molecule is Cc1scnc1-c1ccc(CO)cc1. The van der Waals surface area contributed by atoms with Crippen LogP contribution in [-0.4, -0.2) is 10.1 Å². The van der Waals surface area contributed by atoms with Gasteiger partial charge < -0.3 is 5.11 Å². The normalized spacial score (nSPS) is 10.4. The molecule has 2 rings (SSSR count). The van der Waals surface area contributed by atoms with Crippen molar-refractivity contribution in [3.63, 3.8) is 0 Å². The second-order valence-electron chi connectivity index (χ2n) is 3.11. The van der Waals surface area contributed by atoms with Crippen molar-refractivity contribution in [3.05, 3.63) is 40.2 Å². The van der Waals surface area contributed by atoms with Gasteiger partial charge in [-0.3, -0.25) is 0 Å². The van der Waals surface area contributed by atoms with Crippen LogP contribution in [0, 0.1) is 6.92 Å². The molecule has 0 spiro atoms. The highest BCUT2D eigenvalue weighted by Crippen LogP contribution is 2.24. The lowest BCUT2D eigenvalue weighted by Crippen LogP contribution is -1.84. The minimum Gasteiger partial charge on any atom is -0.392 e. The van der Waals surface area contributed by atoms with Gasteiger partial charge in [-0.15, -0.1) is 11.3 Å². The minimum atomic E-state index is 0.0936. The Hall–Kier alpha value is -1.19. The number of aromatic nitrogens is 1. The summed E-state index contributed by atoms with van der Waals surface area (Å²) < 4.78 is 0. The first kappa shape index (κ1) is 9.37. The van der Waals surface area contributed by atoms with E-state index >= 15 is 0 Å².